The number of furan rings is 1. The summed E-state index contributed by atoms with van der Waals surface area (Å²) in [5, 5.41) is 2.02. The molecule has 0 aliphatic heterocycles. The first kappa shape index (κ1) is 29.8. The van der Waals surface area contributed by atoms with Crippen LogP contribution in [-0.4, -0.2) is 54.2 Å². The van der Waals surface area contributed by atoms with Gasteiger partial charge in [0.15, 0.2) is 17.5 Å². The predicted octanol–water partition coefficient (Wildman–Crippen LogP) is 1.40. The Kier molecular flexibility index (Phi) is 7.41. The molecule has 0 aliphatic rings. The van der Waals surface area contributed by atoms with E-state index in [-0.39, 0.29) is 0 Å². The Morgan fingerprint density at radius 3 is 1.56 bits per heavy atom. The summed E-state index contributed by atoms with van der Waals surface area (Å²) in [4.78, 5) is 15.2. The molecule has 0 spiro atoms. The van der Waals surface area contributed by atoms with Crippen molar-refractivity contribution in [3.05, 3.63) is 121 Å². The van der Waals surface area contributed by atoms with Crippen LogP contribution >= 0.6 is 0 Å². The SMILES string of the molecule is Bc1c(B)c(B)c(-c2ccc(-c3nc(-c4ccccc4)nc(-c4cccc5oc6ccc(-c7ccccc7)cc6c45)n3)cc2)c(B)c1B. The second-order valence-electron chi connectivity index (χ2n) is 12.6. The molecule has 0 amide bonds. The molecule has 0 N–H and O–H groups in total. The minimum atomic E-state index is 0.609. The molecule has 0 fully saturated rings. The molecule has 8 aromatic rings. The molecular weight excluding hydrogens is 581 g/mol. The summed E-state index contributed by atoms with van der Waals surface area (Å²) < 4.78 is 6.36. The highest BCUT2D eigenvalue weighted by atomic mass is 16.3. The summed E-state index contributed by atoms with van der Waals surface area (Å²) in [5.41, 5.74) is 15.9. The molecule has 6 aromatic carbocycles. The average Bonchev–Trinajstić information content (AvgIpc) is 3.52. The van der Waals surface area contributed by atoms with Crippen LogP contribution < -0.4 is 27.3 Å². The van der Waals surface area contributed by atoms with Gasteiger partial charge in [-0.25, -0.2) is 15.0 Å². The fraction of sp³-hybridized carbons (Fsp3) is 0. The summed E-state index contributed by atoms with van der Waals surface area (Å²) >= 11 is 0. The number of hydrogen-bond acceptors (Lipinski definition) is 4. The second-order valence-corrected chi connectivity index (χ2v) is 12.6. The topological polar surface area (TPSA) is 51.8 Å². The number of benzene rings is 6. The van der Waals surface area contributed by atoms with Gasteiger partial charge in [0.1, 0.15) is 50.4 Å². The smallest absolute Gasteiger partial charge is 0.164 e. The van der Waals surface area contributed by atoms with E-state index < -0.39 is 0 Å². The quantitative estimate of drug-likeness (QED) is 0.277. The molecule has 48 heavy (non-hydrogen) atoms. The van der Waals surface area contributed by atoms with Gasteiger partial charge in [-0.1, -0.05) is 114 Å². The molecule has 0 bridgehead atoms. The van der Waals surface area contributed by atoms with E-state index in [4.69, 9.17) is 19.4 Å². The lowest BCUT2D eigenvalue weighted by molar-refractivity contribution is 0.669. The van der Waals surface area contributed by atoms with E-state index in [1.807, 2.05) is 48.5 Å². The Bertz CT molecular complexity index is 2470. The highest BCUT2D eigenvalue weighted by Gasteiger charge is 2.19. The maximum Gasteiger partial charge on any atom is 0.164 e. The van der Waals surface area contributed by atoms with Crippen molar-refractivity contribution in [1.82, 2.24) is 15.0 Å². The van der Waals surface area contributed by atoms with Crippen molar-refractivity contribution >= 4 is 88.5 Å². The highest BCUT2D eigenvalue weighted by Crippen LogP contribution is 2.38. The maximum atomic E-state index is 6.36. The van der Waals surface area contributed by atoms with Crippen LogP contribution in [0.2, 0.25) is 0 Å². The number of aromatic nitrogens is 3. The van der Waals surface area contributed by atoms with E-state index >= 15 is 0 Å². The Balaban J connectivity index is 1.30. The van der Waals surface area contributed by atoms with Crippen LogP contribution in [0.1, 0.15) is 0 Å². The third kappa shape index (κ3) is 5.07. The molecule has 0 atom stereocenters. The minimum Gasteiger partial charge on any atom is -0.456 e. The lowest BCUT2D eigenvalue weighted by atomic mass is 9.59. The Morgan fingerprint density at radius 2 is 0.917 bits per heavy atom. The van der Waals surface area contributed by atoms with E-state index in [1.165, 1.54) is 38.4 Å². The lowest BCUT2D eigenvalue weighted by Gasteiger charge is -2.20. The van der Waals surface area contributed by atoms with Gasteiger partial charge in [-0.3, -0.25) is 0 Å². The van der Waals surface area contributed by atoms with E-state index in [0.717, 1.165) is 49.8 Å². The minimum absolute atomic E-state index is 0.609. The molecule has 8 rings (SSSR count). The van der Waals surface area contributed by atoms with Crippen LogP contribution in [-0.2, 0) is 0 Å². The molecule has 0 saturated heterocycles. The van der Waals surface area contributed by atoms with Gasteiger partial charge in [0.2, 0.25) is 0 Å². The number of rotatable bonds is 5. The summed E-state index contributed by atoms with van der Waals surface area (Å²) in [6.45, 7) is 0. The van der Waals surface area contributed by atoms with Gasteiger partial charge in [-0.2, -0.15) is 0 Å². The first-order valence-corrected chi connectivity index (χ1v) is 16.4. The Labute approximate surface area is 284 Å². The van der Waals surface area contributed by atoms with Crippen molar-refractivity contribution in [1.29, 1.82) is 0 Å². The fourth-order valence-corrected chi connectivity index (χ4v) is 6.88. The zero-order valence-electron chi connectivity index (χ0n) is 27.8. The molecule has 222 valence electrons. The summed E-state index contributed by atoms with van der Waals surface area (Å²) in [5.74, 6) is 1.87. The molecule has 0 unspecified atom stereocenters. The van der Waals surface area contributed by atoms with E-state index in [1.54, 1.807) is 0 Å². The third-order valence-corrected chi connectivity index (χ3v) is 9.94. The van der Waals surface area contributed by atoms with Gasteiger partial charge in [0, 0.05) is 27.5 Å². The fourth-order valence-electron chi connectivity index (χ4n) is 6.88. The first-order chi connectivity index (χ1) is 23.4. The maximum absolute atomic E-state index is 6.36. The van der Waals surface area contributed by atoms with Crippen LogP contribution in [0.4, 0.5) is 0 Å². The summed E-state index contributed by atoms with van der Waals surface area (Å²) in [6, 6.07) is 41.7. The lowest BCUT2D eigenvalue weighted by Crippen LogP contribution is -2.55. The van der Waals surface area contributed by atoms with Gasteiger partial charge in [0.25, 0.3) is 0 Å². The summed E-state index contributed by atoms with van der Waals surface area (Å²) in [6.07, 6.45) is 0. The molecule has 0 radical (unpaired) electrons. The van der Waals surface area contributed by atoms with E-state index in [0.29, 0.717) is 17.5 Å². The van der Waals surface area contributed by atoms with Gasteiger partial charge < -0.3 is 4.42 Å². The molecule has 9 heteroatoms. The van der Waals surface area contributed by atoms with Gasteiger partial charge in [-0.05, 0) is 40.5 Å². The Hall–Kier alpha value is -5.55. The van der Waals surface area contributed by atoms with E-state index in [9.17, 15) is 0 Å². The number of hydrogen-bond donors (Lipinski definition) is 0. The third-order valence-electron chi connectivity index (χ3n) is 9.94. The zero-order chi connectivity index (χ0) is 32.9. The molecule has 0 saturated carbocycles. The van der Waals surface area contributed by atoms with E-state index in [2.05, 4.69) is 112 Å². The van der Waals surface area contributed by atoms with Crippen LogP contribution in [0.3, 0.4) is 0 Å². The van der Waals surface area contributed by atoms with Gasteiger partial charge in [-0.15, -0.1) is 16.4 Å². The first-order valence-electron chi connectivity index (χ1n) is 16.4. The van der Waals surface area contributed by atoms with Crippen LogP contribution in [0, 0.1) is 0 Å². The number of fused-ring (bicyclic) bond motifs is 3. The van der Waals surface area contributed by atoms with Crippen molar-refractivity contribution in [3.63, 3.8) is 0 Å². The van der Waals surface area contributed by atoms with Crippen LogP contribution in [0.25, 0.3) is 78.4 Å². The zero-order valence-corrected chi connectivity index (χ0v) is 27.8. The molecular formula is C39H30B5N3O. The van der Waals surface area contributed by atoms with Gasteiger partial charge in [0.05, 0.1) is 0 Å². The number of nitrogens with zero attached hydrogens (tertiary/aromatic N) is 3. The van der Waals surface area contributed by atoms with Gasteiger partial charge >= 0.3 is 0 Å². The monoisotopic (exact) mass is 611 g/mol. The van der Waals surface area contributed by atoms with Crippen molar-refractivity contribution in [2.45, 2.75) is 0 Å². The van der Waals surface area contributed by atoms with Crippen molar-refractivity contribution in [3.8, 4) is 56.4 Å². The van der Waals surface area contributed by atoms with Crippen molar-refractivity contribution in [2.24, 2.45) is 0 Å². The van der Waals surface area contributed by atoms with Crippen LogP contribution in [0.5, 0.6) is 0 Å². The largest absolute Gasteiger partial charge is 0.456 e. The Morgan fingerprint density at radius 1 is 0.396 bits per heavy atom. The molecule has 2 heterocycles. The molecule has 2 aromatic heterocycles. The van der Waals surface area contributed by atoms with Crippen molar-refractivity contribution < 1.29 is 4.42 Å². The highest BCUT2D eigenvalue weighted by molar-refractivity contribution is 6.68. The second kappa shape index (κ2) is 11.9. The summed E-state index contributed by atoms with van der Waals surface area (Å²) in [7, 11) is 11.1. The normalized spacial score (nSPS) is 11.3. The molecule has 4 nitrogen and oxygen atoms in total. The van der Waals surface area contributed by atoms with Crippen molar-refractivity contribution in [2.75, 3.05) is 0 Å². The van der Waals surface area contributed by atoms with Crippen LogP contribution in [0.15, 0.2) is 126 Å². The predicted molar refractivity (Wildman–Crippen MR) is 215 cm³/mol. The standard InChI is InChI=1S/C39H30B5N3O/c40-32-30(33(41)35(43)36(44)34(32)42)22-14-16-24(17-15-22)38-45-37(23-10-5-2-6-11-23)46-39(47-38)26-12-7-13-29-31(26)27-20-25(18-19-28(27)48-29)21-8-3-1-4-9-21/h1-20H,40-44H2. The average molecular weight is 611 g/mol. The molecule has 0 aliphatic carbocycles.